The van der Waals surface area contributed by atoms with Crippen LogP contribution in [0.2, 0.25) is 4.34 Å². The summed E-state index contributed by atoms with van der Waals surface area (Å²) < 4.78 is 0.703. The summed E-state index contributed by atoms with van der Waals surface area (Å²) in [4.78, 5) is 25.5. The standard InChI is InChI=1S/C15H18ClNO3S/c16-13-6-4-12(21-13)5-7-14(18)17-9-1-2-11(10-17)3-8-15(19)20/h4-7,11H,1-3,8-10H2,(H,19,20)/b7-5+/t11-/m1/s1. The van der Waals surface area contributed by atoms with E-state index in [1.165, 1.54) is 11.3 Å². The van der Waals surface area contributed by atoms with Crippen LogP contribution in [0.15, 0.2) is 18.2 Å². The second-order valence-electron chi connectivity index (χ2n) is 5.20. The van der Waals surface area contributed by atoms with E-state index in [0.29, 0.717) is 23.2 Å². The van der Waals surface area contributed by atoms with Crippen molar-refractivity contribution < 1.29 is 14.7 Å². The van der Waals surface area contributed by atoms with E-state index >= 15 is 0 Å². The number of hydrogen-bond acceptors (Lipinski definition) is 3. The van der Waals surface area contributed by atoms with Gasteiger partial charge in [0.1, 0.15) is 0 Å². The van der Waals surface area contributed by atoms with Gasteiger partial charge in [0, 0.05) is 30.5 Å². The van der Waals surface area contributed by atoms with Gasteiger partial charge in [0.2, 0.25) is 5.91 Å². The summed E-state index contributed by atoms with van der Waals surface area (Å²) >= 11 is 7.28. The summed E-state index contributed by atoms with van der Waals surface area (Å²) in [6.07, 6.45) is 6.11. The fourth-order valence-corrected chi connectivity index (χ4v) is 3.47. The normalized spacial score (nSPS) is 19.1. The van der Waals surface area contributed by atoms with Gasteiger partial charge in [0.25, 0.3) is 0 Å². The molecule has 114 valence electrons. The predicted molar refractivity (Wildman–Crippen MR) is 84.5 cm³/mol. The smallest absolute Gasteiger partial charge is 0.303 e. The molecule has 21 heavy (non-hydrogen) atoms. The Morgan fingerprint density at radius 1 is 1.48 bits per heavy atom. The Kier molecular flexibility index (Phi) is 5.82. The number of nitrogens with zero attached hydrogens (tertiary/aromatic N) is 1. The molecule has 1 aliphatic heterocycles. The summed E-state index contributed by atoms with van der Waals surface area (Å²) in [5.74, 6) is -0.490. The molecular formula is C15H18ClNO3S. The maximum atomic E-state index is 12.2. The molecule has 0 saturated carbocycles. The molecule has 4 nitrogen and oxygen atoms in total. The van der Waals surface area contributed by atoms with Crippen LogP contribution in [0.4, 0.5) is 0 Å². The van der Waals surface area contributed by atoms with Gasteiger partial charge in [-0.25, -0.2) is 0 Å². The Morgan fingerprint density at radius 3 is 2.95 bits per heavy atom. The van der Waals surface area contributed by atoms with Gasteiger partial charge >= 0.3 is 5.97 Å². The van der Waals surface area contributed by atoms with Crippen molar-refractivity contribution in [2.75, 3.05) is 13.1 Å². The summed E-state index contributed by atoms with van der Waals surface area (Å²) in [7, 11) is 0. The number of hydrogen-bond donors (Lipinski definition) is 1. The van der Waals surface area contributed by atoms with Crippen LogP contribution in [-0.4, -0.2) is 35.0 Å². The molecule has 1 aromatic heterocycles. The van der Waals surface area contributed by atoms with Crippen LogP contribution < -0.4 is 0 Å². The van der Waals surface area contributed by atoms with E-state index in [4.69, 9.17) is 16.7 Å². The largest absolute Gasteiger partial charge is 0.481 e. The molecule has 1 saturated heterocycles. The first-order valence-corrected chi connectivity index (χ1v) is 8.18. The van der Waals surface area contributed by atoms with Crippen LogP contribution in [-0.2, 0) is 9.59 Å². The molecule has 1 amide bonds. The predicted octanol–water partition coefficient (Wildman–Crippen LogP) is 3.52. The summed E-state index contributed by atoms with van der Waals surface area (Å²) in [5, 5.41) is 8.73. The second-order valence-corrected chi connectivity index (χ2v) is 6.95. The number of rotatable bonds is 5. The molecule has 1 atom stereocenters. The van der Waals surface area contributed by atoms with E-state index < -0.39 is 5.97 Å². The van der Waals surface area contributed by atoms with Crippen molar-refractivity contribution in [3.63, 3.8) is 0 Å². The molecule has 0 radical (unpaired) electrons. The lowest BCUT2D eigenvalue weighted by Crippen LogP contribution is -2.39. The van der Waals surface area contributed by atoms with Crippen molar-refractivity contribution in [1.82, 2.24) is 4.90 Å². The highest BCUT2D eigenvalue weighted by Crippen LogP contribution is 2.23. The monoisotopic (exact) mass is 327 g/mol. The highest BCUT2D eigenvalue weighted by atomic mass is 35.5. The first-order valence-electron chi connectivity index (χ1n) is 6.98. The van der Waals surface area contributed by atoms with Crippen LogP contribution in [0.1, 0.15) is 30.6 Å². The van der Waals surface area contributed by atoms with Crippen molar-refractivity contribution in [3.8, 4) is 0 Å². The third-order valence-corrected chi connectivity index (χ3v) is 4.78. The second kappa shape index (κ2) is 7.61. The lowest BCUT2D eigenvalue weighted by Gasteiger charge is -2.31. The third-order valence-electron chi connectivity index (χ3n) is 3.58. The Hall–Kier alpha value is -1.33. The minimum atomic E-state index is -0.770. The SMILES string of the molecule is O=C(O)CC[C@H]1CCCN(C(=O)/C=C/c2ccc(Cl)s2)C1. The Labute approximate surface area is 133 Å². The summed E-state index contributed by atoms with van der Waals surface area (Å²) in [5.41, 5.74) is 0. The number of carboxylic acids is 1. The lowest BCUT2D eigenvalue weighted by molar-refractivity contribution is -0.137. The molecule has 2 heterocycles. The maximum absolute atomic E-state index is 12.2. The van der Waals surface area contributed by atoms with Gasteiger partial charge in [-0.2, -0.15) is 0 Å². The Balaban J connectivity index is 1.86. The zero-order chi connectivity index (χ0) is 15.2. The molecule has 2 rings (SSSR count). The van der Waals surface area contributed by atoms with E-state index in [-0.39, 0.29) is 12.3 Å². The summed E-state index contributed by atoms with van der Waals surface area (Å²) in [6.45, 7) is 1.40. The van der Waals surface area contributed by atoms with Crippen molar-refractivity contribution in [2.45, 2.75) is 25.7 Å². The fraction of sp³-hybridized carbons (Fsp3) is 0.467. The van der Waals surface area contributed by atoms with E-state index in [9.17, 15) is 9.59 Å². The lowest BCUT2D eigenvalue weighted by atomic mass is 9.93. The Bertz CT molecular complexity index is 541. The van der Waals surface area contributed by atoms with Gasteiger partial charge in [-0.1, -0.05) is 11.6 Å². The molecule has 6 heteroatoms. The minimum absolute atomic E-state index is 0.0143. The Morgan fingerprint density at radius 2 is 2.29 bits per heavy atom. The van der Waals surface area contributed by atoms with E-state index in [1.54, 1.807) is 18.2 Å². The van der Waals surface area contributed by atoms with Gasteiger partial charge < -0.3 is 10.0 Å². The number of thiophene rings is 1. The van der Waals surface area contributed by atoms with Gasteiger partial charge in [0.05, 0.1) is 4.34 Å². The maximum Gasteiger partial charge on any atom is 0.303 e. The number of amides is 1. The number of likely N-dealkylation sites (tertiary alicyclic amines) is 1. The van der Waals surface area contributed by atoms with Crippen LogP contribution in [0.5, 0.6) is 0 Å². The number of piperidine rings is 1. The van der Waals surface area contributed by atoms with Crippen molar-refractivity contribution in [2.24, 2.45) is 5.92 Å². The molecule has 0 aromatic carbocycles. The van der Waals surface area contributed by atoms with Gasteiger partial charge in [0.15, 0.2) is 0 Å². The number of carbonyl (C=O) groups excluding carboxylic acids is 1. The highest BCUT2D eigenvalue weighted by Gasteiger charge is 2.22. The van der Waals surface area contributed by atoms with Crippen LogP contribution in [0, 0.1) is 5.92 Å². The summed E-state index contributed by atoms with van der Waals surface area (Å²) in [6, 6.07) is 3.68. The molecule has 0 unspecified atom stereocenters. The average Bonchev–Trinajstić information content (AvgIpc) is 2.88. The van der Waals surface area contributed by atoms with Crippen LogP contribution in [0.3, 0.4) is 0 Å². The molecule has 0 bridgehead atoms. The van der Waals surface area contributed by atoms with Crippen LogP contribution >= 0.6 is 22.9 Å². The van der Waals surface area contributed by atoms with E-state index in [1.807, 2.05) is 11.0 Å². The first kappa shape index (κ1) is 16.0. The zero-order valence-corrected chi connectivity index (χ0v) is 13.2. The molecule has 0 spiro atoms. The van der Waals surface area contributed by atoms with Crippen molar-refractivity contribution in [3.05, 3.63) is 27.4 Å². The van der Waals surface area contributed by atoms with Gasteiger partial charge in [-0.15, -0.1) is 11.3 Å². The van der Waals surface area contributed by atoms with Crippen LogP contribution in [0.25, 0.3) is 6.08 Å². The average molecular weight is 328 g/mol. The zero-order valence-electron chi connectivity index (χ0n) is 11.6. The fourth-order valence-electron chi connectivity index (χ4n) is 2.51. The number of carboxylic acid groups (broad SMARTS) is 1. The molecule has 1 aromatic rings. The topological polar surface area (TPSA) is 57.6 Å². The number of halogens is 1. The van der Waals surface area contributed by atoms with E-state index in [2.05, 4.69) is 0 Å². The molecule has 1 fully saturated rings. The molecular weight excluding hydrogens is 310 g/mol. The minimum Gasteiger partial charge on any atom is -0.481 e. The highest BCUT2D eigenvalue weighted by molar-refractivity contribution is 7.17. The van der Waals surface area contributed by atoms with Gasteiger partial charge in [-0.05, 0) is 43.4 Å². The van der Waals surface area contributed by atoms with Crippen molar-refractivity contribution >= 4 is 40.9 Å². The quantitative estimate of drug-likeness (QED) is 0.842. The van der Waals surface area contributed by atoms with Gasteiger partial charge in [-0.3, -0.25) is 9.59 Å². The molecule has 1 aliphatic rings. The number of carbonyl (C=O) groups is 2. The molecule has 1 N–H and O–H groups in total. The number of aliphatic carboxylic acids is 1. The van der Waals surface area contributed by atoms with E-state index in [0.717, 1.165) is 24.3 Å². The molecule has 0 aliphatic carbocycles. The van der Waals surface area contributed by atoms with Crippen molar-refractivity contribution in [1.29, 1.82) is 0 Å². The first-order chi connectivity index (χ1) is 10.0. The third kappa shape index (κ3) is 5.17.